The van der Waals surface area contributed by atoms with Gasteiger partial charge in [0, 0.05) is 13.1 Å². The van der Waals surface area contributed by atoms with Crippen molar-refractivity contribution in [1.82, 2.24) is 10.2 Å². The van der Waals surface area contributed by atoms with Crippen LogP contribution in [0.3, 0.4) is 0 Å². The number of amides is 1. The number of carbonyl (C=O) groups excluding carboxylic acids is 2. The van der Waals surface area contributed by atoms with Crippen molar-refractivity contribution in [2.24, 2.45) is 0 Å². The van der Waals surface area contributed by atoms with E-state index in [4.69, 9.17) is 16.3 Å². The van der Waals surface area contributed by atoms with Crippen molar-refractivity contribution in [1.29, 1.82) is 0 Å². The van der Waals surface area contributed by atoms with Crippen molar-refractivity contribution in [3.63, 3.8) is 0 Å². The third-order valence-corrected chi connectivity index (χ3v) is 5.70. The summed E-state index contributed by atoms with van der Waals surface area (Å²) in [6.45, 7) is 5.11. The van der Waals surface area contributed by atoms with Crippen LogP contribution in [0.5, 0.6) is 5.75 Å². The Bertz CT molecular complexity index is 1010. The van der Waals surface area contributed by atoms with Crippen molar-refractivity contribution < 1.29 is 36.3 Å². The van der Waals surface area contributed by atoms with Gasteiger partial charge in [-0.2, -0.15) is 13.2 Å². The van der Waals surface area contributed by atoms with Gasteiger partial charge in [0.05, 0.1) is 17.2 Å². The standard InChI is InChI=1S/C10H12ClNO2.C9H5F5O.C6H13N.C3H6/c1-3-14-7-4-5-8(9(11)6-7)10(13)12-2;10-6-1-5(2-7(11)3-6)8(4-15)9(12,13)14;1-7-5-3-2-4-6-7;1-2-3-1/h4-6H,3H2,1-2H3,(H,12,13);1-4,8H;2-6H2,1H3;1-3H2. The van der Waals surface area contributed by atoms with Gasteiger partial charge in [-0.05, 0) is 75.8 Å². The second-order valence-corrected chi connectivity index (χ2v) is 9.34. The molecular weight excluding hydrogens is 543 g/mol. The van der Waals surface area contributed by atoms with E-state index in [0.717, 1.165) is 0 Å². The predicted octanol–water partition coefficient (Wildman–Crippen LogP) is 7.18. The van der Waals surface area contributed by atoms with E-state index in [0.29, 0.717) is 41.1 Å². The first-order chi connectivity index (χ1) is 18.4. The van der Waals surface area contributed by atoms with Gasteiger partial charge in [0.2, 0.25) is 0 Å². The summed E-state index contributed by atoms with van der Waals surface area (Å²) in [5, 5.41) is 2.91. The second kappa shape index (κ2) is 17.8. The summed E-state index contributed by atoms with van der Waals surface area (Å²) in [4.78, 5) is 23.9. The quantitative estimate of drug-likeness (QED) is 0.302. The molecule has 4 rings (SSSR count). The molecule has 1 saturated carbocycles. The maximum atomic E-state index is 12.6. The van der Waals surface area contributed by atoms with E-state index in [1.54, 1.807) is 25.2 Å². The highest BCUT2D eigenvalue weighted by molar-refractivity contribution is 6.34. The summed E-state index contributed by atoms with van der Waals surface area (Å²) in [7, 11) is 3.76. The lowest BCUT2D eigenvalue weighted by molar-refractivity contribution is -0.156. The first kappa shape index (κ1) is 34.3. The zero-order chi connectivity index (χ0) is 29.4. The Morgan fingerprint density at radius 3 is 1.92 bits per heavy atom. The summed E-state index contributed by atoms with van der Waals surface area (Å²) in [5.41, 5.74) is -0.285. The molecule has 1 N–H and O–H groups in total. The van der Waals surface area contributed by atoms with Gasteiger partial charge in [-0.1, -0.05) is 37.3 Å². The molecule has 11 heteroatoms. The number of hydrogen-bond acceptors (Lipinski definition) is 4. The lowest BCUT2D eigenvalue weighted by Gasteiger charge is -2.20. The number of nitrogens with zero attached hydrogens (tertiary/aromatic N) is 1. The average molecular weight is 579 g/mol. The minimum atomic E-state index is -4.85. The smallest absolute Gasteiger partial charge is 0.402 e. The van der Waals surface area contributed by atoms with Crippen LogP contribution < -0.4 is 10.1 Å². The maximum absolute atomic E-state index is 12.6. The van der Waals surface area contributed by atoms with E-state index < -0.39 is 35.6 Å². The van der Waals surface area contributed by atoms with E-state index in [-0.39, 0.29) is 5.91 Å². The molecule has 0 radical (unpaired) electrons. The molecule has 1 heterocycles. The average Bonchev–Trinajstić information content (AvgIpc) is 3.74. The zero-order valence-corrected chi connectivity index (χ0v) is 23.2. The first-order valence-corrected chi connectivity index (χ1v) is 13.1. The van der Waals surface area contributed by atoms with Gasteiger partial charge < -0.3 is 19.7 Å². The molecule has 1 aliphatic carbocycles. The van der Waals surface area contributed by atoms with Crippen molar-refractivity contribution in [3.8, 4) is 5.75 Å². The van der Waals surface area contributed by atoms with Gasteiger partial charge in [-0.25, -0.2) is 8.78 Å². The van der Waals surface area contributed by atoms with Crippen molar-refractivity contribution in [3.05, 3.63) is 64.2 Å². The van der Waals surface area contributed by atoms with E-state index in [1.165, 1.54) is 51.6 Å². The number of nitrogens with one attached hydrogen (secondary N) is 1. The largest absolute Gasteiger partial charge is 0.494 e. The van der Waals surface area contributed by atoms with Crippen LogP contribution in [-0.4, -0.2) is 57.1 Å². The Morgan fingerprint density at radius 1 is 1.03 bits per heavy atom. The number of piperidine rings is 1. The van der Waals surface area contributed by atoms with Crippen LogP contribution in [0.1, 0.15) is 67.3 Å². The lowest BCUT2D eigenvalue weighted by Crippen LogP contribution is -2.24. The summed E-state index contributed by atoms with van der Waals surface area (Å²) < 4.78 is 67.0. The summed E-state index contributed by atoms with van der Waals surface area (Å²) in [5.74, 6) is -4.33. The van der Waals surface area contributed by atoms with Gasteiger partial charge in [0.1, 0.15) is 29.6 Å². The van der Waals surface area contributed by atoms with Gasteiger partial charge in [0.15, 0.2) is 0 Å². The van der Waals surface area contributed by atoms with Crippen LogP contribution in [-0.2, 0) is 4.79 Å². The molecule has 2 aliphatic rings. The van der Waals surface area contributed by atoms with Crippen molar-refractivity contribution >= 4 is 23.8 Å². The molecule has 2 aromatic rings. The third-order valence-electron chi connectivity index (χ3n) is 5.39. The number of likely N-dealkylation sites (tertiary alicyclic amines) is 1. The molecule has 1 unspecified atom stereocenters. The molecule has 0 aromatic heterocycles. The molecule has 0 spiro atoms. The van der Waals surface area contributed by atoms with Crippen molar-refractivity contribution in [2.45, 2.75) is 57.5 Å². The number of halogens is 6. The fraction of sp³-hybridized carbons (Fsp3) is 0.500. The fourth-order valence-corrected chi connectivity index (χ4v) is 3.48. The molecule has 1 saturated heterocycles. The number of ether oxygens (including phenoxy) is 1. The highest BCUT2D eigenvalue weighted by Gasteiger charge is 2.41. The Morgan fingerprint density at radius 2 is 1.56 bits per heavy atom. The highest BCUT2D eigenvalue weighted by Crippen LogP contribution is 2.33. The minimum absolute atomic E-state index is 0.196. The van der Waals surface area contributed by atoms with Crippen molar-refractivity contribution in [2.75, 3.05) is 33.8 Å². The van der Waals surface area contributed by atoms with E-state index in [1.807, 2.05) is 6.92 Å². The fourth-order valence-electron chi connectivity index (χ4n) is 3.22. The van der Waals surface area contributed by atoms with E-state index in [9.17, 15) is 31.5 Å². The van der Waals surface area contributed by atoms with Gasteiger partial charge >= 0.3 is 6.18 Å². The van der Waals surface area contributed by atoms with Gasteiger partial charge in [-0.3, -0.25) is 4.79 Å². The van der Waals surface area contributed by atoms with E-state index >= 15 is 0 Å². The Hall–Kier alpha value is -2.72. The molecule has 218 valence electrons. The molecule has 0 bridgehead atoms. The summed E-state index contributed by atoms with van der Waals surface area (Å²) in [6, 6.07) is 6.40. The molecule has 5 nitrogen and oxygen atoms in total. The molecule has 1 atom stereocenters. The van der Waals surface area contributed by atoms with Crippen LogP contribution in [0, 0.1) is 11.6 Å². The monoisotopic (exact) mass is 578 g/mol. The van der Waals surface area contributed by atoms with Gasteiger partial charge in [-0.15, -0.1) is 0 Å². The van der Waals surface area contributed by atoms with E-state index in [2.05, 4.69) is 17.3 Å². The van der Waals surface area contributed by atoms with Crippen LogP contribution in [0.15, 0.2) is 36.4 Å². The Balaban J connectivity index is 0.000000290. The van der Waals surface area contributed by atoms with Crippen LogP contribution in [0.2, 0.25) is 5.02 Å². The molecule has 1 aliphatic heterocycles. The van der Waals surface area contributed by atoms with Crippen LogP contribution in [0.25, 0.3) is 0 Å². The summed E-state index contributed by atoms with van der Waals surface area (Å²) >= 11 is 5.90. The molecule has 2 aromatic carbocycles. The minimum Gasteiger partial charge on any atom is -0.494 e. The topological polar surface area (TPSA) is 58.6 Å². The highest BCUT2D eigenvalue weighted by atomic mass is 35.5. The molecule has 39 heavy (non-hydrogen) atoms. The van der Waals surface area contributed by atoms with Gasteiger partial charge in [0.25, 0.3) is 5.91 Å². The lowest BCUT2D eigenvalue weighted by atomic mass is 10.00. The maximum Gasteiger partial charge on any atom is 0.402 e. The number of benzene rings is 2. The normalized spacial score (nSPS) is 15.1. The second-order valence-electron chi connectivity index (χ2n) is 8.94. The van der Waals surface area contributed by atoms with Crippen LogP contribution in [0.4, 0.5) is 22.0 Å². The third kappa shape index (κ3) is 14.3. The Kier molecular flexibility index (Phi) is 15.6. The summed E-state index contributed by atoms with van der Waals surface area (Å²) in [6.07, 6.45) is 3.54. The number of hydrogen-bond donors (Lipinski definition) is 1. The SMILES string of the molecule is C1CC1.CCOc1ccc(C(=O)NC)c(Cl)c1.CN1CCCCC1.O=CC(c1cc(F)cc(F)c1)C(F)(F)F. The number of rotatable bonds is 5. The molecule has 2 fully saturated rings. The number of aldehydes is 1. The molecular formula is C28H36ClF5N2O3. The predicted molar refractivity (Wildman–Crippen MR) is 142 cm³/mol. The van der Waals surface area contributed by atoms with Crippen LogP contribution >= 0.6 is 11.6 Å². The number of alkyl halides is 3. The molecule has 1 amide bonds. The first-order valence-electron chi connectivity index (χ1n) is 12.7. The Labute approximate surface area is 231 Å². The number of carbonyl (C=O) groups is 2. The zero-order valence-electron chi connectivity index (χ0n) is 22.4.